The summed E-state index contributed by atoms with van der Waals surface area (Å²) in [5, 5.41) is 0. The first kappa shape index (κ1) is 46.9. The highest BCUT2D eigenvalue weighted by Crippen LogP contribution is 2.19. The fourth-order valence-electron chi connectivity index (χ4n) is 6.55. The third-order valence-corrected chi connectivity index (χ3v) is 10.1. The van der Waals surface area contributed by atoms with E-state index in [1.54, 1.807) is 0 Å². The number of hydrogen-bond acceptors (Lipinski definition) is 4. The summed E-state index contributed by atoms with van der Waals surface area (Å²) < 4.78 is 31.0. The highest BCUT2D eigenvalue weighted by molar-refractivity contribution is 7.80. The minimum absolute atomic E-state index is 0.808. The maximum atomic E-state index is 9.22. The molecule has 0 unspecified atom stereocenters. The molecule has 0 amide bonds. The van der Waals surface area contributed by atoms with E-state index >= 15 is 0 Å². The van der Waals surface area contributed by atoms with Gasteiger partial charge in [-0.05, 0) is 26.7 Å². The fraction of sp³-hybridized carbons (Fsp3) is 1.00. The zero-order valence-electron chi connectivity index (χ0n) is 31.5. The maximum Gasteiger partial charge on any atom is 0.217 e. The van der Waals surface area contributed by atoms with E-state index < -0.39 is 10.4 Å². The Morgan fingerprint density at radius 2 is 0.689 bits per heavy atom. The van der Waals surface area contributed by atoms with Crippen LogP contribution in [0.2, 0.25) is 0 Å². The van der Waals surface area contributed by atoms with Gasteiger partial charge in [-0.2, -0.15) is 0 Å². The molecule has 0 bridgehead atoms. The lowest BCUT2D eigenvalue weighted by molar-refractivity contribution is -0.900. The molecular weight excluding hydrogens is 578 g/mol. The molecule has 6 heteroatoms. The van der Waals surface area contributed by atoms with Crippen LogP contribution in [0.15, 0.2) is 0 Å². The second kappa shape index (κ2) is 38.3. The van der Waals surface area contributed by atoms with E-state index in [0.29, 0.717) is 0 Å². The van der Waals surface area contributed by atoms with E-state index in [4.69, 9.17) is 0 Å². The van der Waals surface area contributed by atoms with Gasteiger partial charge in [0.05, 0.1) is 26.7 Å². The molecule has 5 nitrogen and oxygen atoms in total. The smallest absolute Gasteiger partial charge is 0.217 e. The van der Waals surface area contributed by atoms with Crippen LogP contribution in [0.5, 0.6) is 0 Å². The molecular formula is C39H83NO4S. The summed E-state index contributed by atoms with van der Waals surface area (Å²) in [5.74, 6) is 0.981. The molecule has 0 saturated heterocycles. The third kappa shape index (κ3) is 41.8. The van der Waals surface area contributed by atoms with Gasteiger partial charge in [0, 0.05) is 5.92 Å². The van der Waals surface area contributed by atoms with Crippen molar-refractivity contribution in [2.24, 2.45) is 5.92 Å². The molecule has 0 spiro atoms. The largest absolute Gasteiger partial charge is 0.726 e. The van der Waals surface area contributed by atoms with Crippen LogP contribution in [-0.4, -0.2) is 39.7 Å². The molecule has 0 aliphatic heterocycles. The Kier molecular flexibility index (Phi) is 39.9. The van der Waals surface area contributed by atoms with Crippen molar-refractivity contribution < 1.29 is 22.1 Å². The molecule has 0 atom stereocenters. The first-order valence-corrected chi connectivity index (χ1v) is 21.5. The number of unbranched alkanes of at least 4 members (excludes halogenated alkanes) is 26. The van der Waals surface area contributed by atoms with Crippen LogP contribution in [-0.2, 0) is 14.6 Å². The minimum Gasteiger partial charge on any atom is -0.726 e. The molecule has 0 aliphatic rings. The second-order valence-corrected chi connectivity index (χ2v) is 15.0. The van der Waals surface area contributed by atoms with Crippen LogP contribution in [0, 0.1) is 5.92 Å². The zero-order chi connectivity index (χ0) is 33.7. The molecule has 0 aliphatic carbocycles. The van der Waals surface area contributed by atoms with Crippen LogP contribution >= 0.6 is 0 Å². The van der Waals surface area contributed by atoms with Gasteiger partial charge in [-0.25, -0.2) is 8.42 Å². The quantitative estimate of drug-likeness (QED) is 0.0417. The van der Waals surface area contributed by atoms with Crippen molar-refractivity contribution in [3.8, 4) is 0 Å². The van der Waals surface area contributed by atoms with Gasteiger partial charge in [0.25, 0.3) is 0 Å². The molecule has 0 aromatic carbocycles. The topological polar surface area (TPSA) is 70.9 Å². The monoisotopic (exact) mass is 662 g/mol. The first-order chi connectivity index (χ1) is 21.8. The maximum absolute atomic E-state index is 9.22. The van der Waals surface area contributed by atoms with E-state index in [1.807, 2.05) is 4.90 Å². The van der Waals surface area contributed by atoms with Crippen molar-refractivity contribution in [1.82, 2.24) is 0 Å². The number of quaternary nitrogens is 1. The summed E-state index contributed by atoms with van der Waals surface area (Å²) in [5.41, 5.74) is 0. The van der Waals surface area contributed by atoms with Gasteiger partial charge in [0.15, 0.2) is 0 Å². The molecule has 0 aromatic heterocycles. The molecule has 1 N–H and O–H groups in total. The molecule has 0 heterocycles. The van der Waals surface area contributed by atoms with Crippen LogP contribution in [0.3, 0.4) is 0 Å². The van der Waals surface area contributed by atoms with E-state index in [1.165, 1.54) is 212 Å². The fourth-order valence-corrected chi connectivity index (χ4v) is 6.55. The summed E-state index contributed by atoms with van der Waals surface area (Å²) in [4.78, 5) is 1.83. The summed E-state index contributed by atoms with van der Waals surface area (Å²) in [7, 11) is -3.60. The molecule has 45 heavy (non-hydrogen) atoms. The van der Waals surface area contributed by atoms with Crippen LogP contribution in [0.4, 0.5) is 0 Å². The highest BCUT2D eigenvalue weighted by atomic mass is 32.3. The van der Waals surface area contributed by atoms with Crippen molar-refractivity contribution >= 4 is 10.4 Å². The van der Waals surface area contributed by atoms with Crippen LogP contribution in [0.25, 0.3) is 0 Å². The van der Waals surface area contributed by atoms with Gasteiger partial charge in [0.2, 0.25) is 10.4 Å². The standard InChI is InChI=1S/C38H79N.CH4O4S/c1-5-9-11-13-15-17-19-21-23-25-27-29-31-33-35-38(37-39(7-3)8-4)36-34-32-30-28-26-24-22-20-18-16-14-12-10-6-2;1-5-6(2,3)4/h38H,5-37H2,1-4H3;1H3,(H,2,3,4). The molecule has 0 saturated carbocycles. The zero-order valence-corrected chi connectivity index (χ0v) is 32.3. The molecule has 0 fully saturated rings. The van der Waals surface area contributed by atoms with Crippen LogP contribution < -0.4 is 4.90 Å². The van der Waals surface area contributed by atoms with Gasteiger partial charge >= 0.3 is 0 Å². The second-order valence-electron chi connectivity index (χ2n) is 13.9. The van der Waals surface area contributed by atoms with Crippen molar-refractivity contribution in [3.63, 3.8) is 0 Å². The number of hydrogen-bond donors (Lipinski definition) is 1. The highest BCUT2D eigenvalue weighted by Gasteiger charge is 2.15. The molecule has 0 radical (unpaired) electrons. The Bertz CT molecular complexity index is 607. The molecule has 274 valence electrons. The van der Waals surface area contributed by atoms with E-state index in [-0.39, 0.29) is 0 Å². The number of nitrogens with one attached hydrogen (secondary N) is 1. The van der Waals surface area contributed by atoms with E-state index in [2.05, 4.69) is 31.9 Å². The lowest BCUT2D eigenvalue weighted by atomic mass is 9.93. The summed E-state index contributed by atoms with van der Waals surface area (Å²) in [6.45, 7) is 13.4. The summed E-state index contributed by atoms with van der Waals surface area (Å²) in [6, 6.07) is 0. The summed E-state index contributed by atoms with van der Waals surface area (Å²) >= 11 is 0. The van der Waals surface area contributed by atoms with E-state index in [0.717, 1.165) is 13.0 Å². The Morgan fingerprint density at radius 3 is 0.889 bits per heavy atom. The van der Waals surface area contributed by atoms with Gasteiger partial charge < -0.3 is 9.45 Å². The predicted octanol–water partition coefficient (Wildman–Crippen LogP) is 11.4. The van der Waals surface area contributed by atoms with Crippen molar-refractivity contribution in [3.05, 3.63) is 0 Å². The van der Waals surface area contributed by atoms with Gasteiger partial charge in [-0.3, -0.25) is 4.18 Å². The average Bonchev–Trinajstić information content (AvgIpc) is 3.03. The lowest BCUT2D eigenvalue weighted by Gasteiger charge is -2.23. The van der Waals surface area contributed by atoms with Crippen molar-refractivity contribution in [2.45, 2.75) is 220 Å². The average molecular weight is 662 g/mol. The predicted molar refractivity (Wildman–Crippen MR) is 197 cm³/mol. The Hall–Kier alpha value is -0.170. The molecule has 0 rings (SSSR count). The number of rotatable bonds is 35. The lowest BCUT2D eigenvalue weighted by Crippen LogP contribution is -3.12. The van der Waals surface area contributed by atoms with Crippen LogP contribution in [0.1, 0.15) is 220 Å². The minimum atomic E-state index is -4.41. The SMILES string of the molecule is CCCCCCCCCCCCCCCCC(CCCCCCCCCCCCCCCC)C[NH+](CC)CC.COS(=O)(=O)[O-]. The van der Waals surface area contributed by atoms with E-state index in [9.17, 15) is 13.0 Å². The Balaban J connectivity index is 0. The van der Waals surface area contributed by atoms with Crippen molar-refractivity contribution in [2.75, 3.05) is 26.7 Å². The Morgan fingerprint density at radius 1 is 0.467 bits per heavy atom. The summed E-state index contributed by atoms with van der Waals surface area (Å²) in [6.07, 6.45) is 44.2. The Labute approximate surface area is 284 Å². The van der Waals surface area contributed by atoms with Gasteiger partial charge in [0.1, 0.15) is 0 Å². The normalized spacial score (nSPS) is 11.8. The molecule has 0 aromatic rings. The van der Waals surface area contributed by atoms with Gasteiger partial charge in [-0.1, -0.05) is 194 Å². The van der Waals surface area contributed by atoms with Gasteiger partial charge in [-0.15, -0.1) is 0 Å². The third-order valence-electron chi connectivity index (χ3n) is 9.71. The van der Waals surface area contributed by atoms with Crippen molar-refractivity contribution in [1.29, 1.82) is 0 Å². The first-order valence-electron chi connectivity index (χ1n) is 20.2.